The Labute approximate surface area is 162 Å². The molecule has 1 amide bonds. The summed E-state index contributed by atoms with van der Waals surface area (Å²) in [4.78, 5) is 11.9. The van der Waals surface area contributed by atoms with Crippen molar-refractivity contribution in [3.8, 4) is 11.5 Å². The lowest BCUT2D eigenvalue weighted by Gasteiger charge is -2.13. The lowest BCUT2D eigenvalue weighted by Crippen LogP contribution is -2.24. The number of nitrogens with one attached hydrogen (secondary N) is 1. The van der Waals surface area contributed by atoms with Gasteiger partial charge >= 0.3 is 0 Å². The summed E-state index contributed by atoms with van der Waals surface area (Å²) in [6, 6.07) is 13.2. The molecule has 0 heterocycles. The van der Waals surface area contributed by atoms with Gasteiger partial charge in [-0.2, -0.15) is 5.10 Å². The van der Waals surface area contributed by atoms with Crippen LogP contribution in [0.25, 0.3) is 0 Å². The summed E-state index contributed by atoms with van der Waals surface area (Å²) in [6.07, 6.45) is 1.58. The van der Waals surface area contributed by atoms with Crippen molar-refractivity contribution in [2.45, 2.75) is 26.7 Å². The number of rotatable bonds is 8. The highest BCUT2D eigenvalue weighted by Crippen LogP contribution is 2.29. The first kappa shape index (κ1) is 20.0. The molecule has 0 spiro atoms. The summed E-state index contributed by atoms with van der Waals surface area (Å²) in [5, 5.41) is 3.95. The van der Waals surface area contributed by atoms with Crippen molar-refractivity contribution in [3.05, 3.63) is 58.1 Å². The summed E-state index contributed by atoms with van der Waals surface area (Å²) in [7, 11) is 0. The van der Waals surface area contributed by atoms with Gasteiger partial charge in [-0.1, -0.05) is 29.8 Å². The summed E-state index contributed by atoms with van der Waals surface area (Å²) in [6.45, 7) is 6.62. The lowest BCUT2D eigenvalue weighted by atomic mass is 10.0. The topological polar surface area (TPSA) is 59.9 Å². The van der Waals surface area contributed by atoms with Crippen molar-refractivity contribution in [3.63, 3.8) is 0 Å². The molecule has 2 aromatic carbocycles. The highest BCUT2D eigenvalue weighted by atomic mass is 79.9. The normalized spacial score (nSPS) is 11.0. The average Bonchev–Trinajstić information content (AvgIpc) is 2.62. The molecule has 0 unspecified atom stereocenters. The fraction of sp³-hybridized carbons (Fsp3) is 0.300. The number of benzene rings is 2. The van der Waals surface area contributed by atoms with Crippen LogP contribution in [-0.2, 0) is 4.79 Å². The van der Waals surface area contributed by atoms with Gasteiger partial charge in [-0.15, -0.1) is 0 Å². The molecular formula is C20H23BrN2O3. The van der Waals surface area contributed by atoms with E-state index in [9.17, 15) is 4.79 Å². The molecule has 1 N–H and O–H groups in total. The Morgan fingerprint density at radius 1 is 1.19 bits per heavy atom. The molecule has 0 bridgehead atoms. The second-order valence-corrected chi connectivity index (χ2v) is 6.84. The van der Waals surface area contributed by atoms with E-state index < -0.39 is 0 Å². The molecular weight excluding hydrogens is 396 g/mol. The van der Waals surface area contributed by atoms with E-state index in [0.29, 0.717) is 18.3 Å². The number of amides is 1. The van der Waals surface area contributed by atoms with Gasteiger partial charge in [0.05, 0.1) is 12.8 Å². The molecule has 0 saturated heterocycles. The van der Waals surface area contributed by atoms with E-state index in [-0.39, 0.29) is 12.5 Å². The summed E-state index contributed by atoms with van der Waals surface area (Å²) in [5.74, 6) is 1.49. The van der Waals surface area contributed by atoms with Gasteiger partial charge in [0.1, 0.15) is 11.5 Å². The molecule has 0 aliphatic rings. The maximum Gasteiger partial charge on any atom is 0.277 e. The minimum Gasteiger partial charge on any atom is -0.494 e. The Morgan fingerprint density at radius 3 is 2.58 bits per heavy atom. The van der Waals surface area contributed by atoms with Crippen molar-refractivity contribution in [1.29, 1.82) is 0 Å². The third-order valence-electron chi connectivity index (χ3n) is 3.55. The van der Waals surface area contributed by atoms with E-state index in [1.165, 1.54) is 0 Å². The third-order valence-corrected chi connectivity index (χ3v) is 4.04. The Hall–Kier alpha value is -2.34. The molecule has 0 aromatic heterocycles. The van der Waals surface area contributed by atoms with Crippen LogP contribution in [0.1, 0.15) is 37.8 Å². The maximum absolute atomic E-state index is 11.9. The fourth-order valence-electron chi connectivity index (χ4n) is 2.27. The van der Waals surface area contributed by atoms with Crippen LogP contribution < -0.4 is 14.9 Å². The van der Waals surface area contributed by atoms with E-state index in [2.05, 4.69) is 40.3 Å². The van der Waals surface area contributed by atoms with Gasteiger partial charge in [0, 0.05) is 4.47 Å². The van der Waals surface area contributed by atoms with Gasteiger partial charge in [0.2, 0.25) is 0 Å². The molecule has 26 heavy (non-hydrogen) atoms. The molecule has 2 aromatic rings. The van der Waals surface area contributed by atoms with E-state index in [1.54, 1.807) is 6.21 Å². The Balaban J connectivity index is 1.85. The minimum absolute atomic E-state index is 0.0953. The van der Waals surface area contributed by atoms with Gasteiger partial charge in [0.25, 0.3) is 5.91 Å². The van der Waals surface area contributed by atoms with Crippen molar-refractivity contribution in [2.24, 2.45) is 5.10 Å². The molecule has 0 fully saturated rings. The summed E-state index contributed by atoms with van der Waals surface area (Å²) >= 11 is 3.45. The van der Waals surface area contributed by atoms with Gasteiger partial charge < -0.3 is 9.47 Å². The van der Waals surface area contributed by atoms with Crippen molar-refractivity contribution in [2.75, 3.05) is 13.2 Å². The highest BCUT2D eigenvalue weighted by Gasteiger charge is 2.10. The number of carbonyl (C=O) groups excluding carboxylic acids is 1. The fourth-order valence-corrected chi connectivity index (χ4v) is 2.65. The second kappa shape index (κ2) is 9.97. The van der Waals surface area contributed by atoms with E-state index in [1.807, 2.05) is 49.4 Å². The average molecular weight is 419 g/mol. The molecule has 0 saturated carbocycles. The number of hydrogen-bond acceptors (Lipinski definition) is 4. The quantitative estimate of drug-likeness (QED) is 0.506. The Bertz CT molecular complexity index is 758. The van der Waals surface area contributed by atoms with Crippen molar-refractivity contribution in [1.82, 2.24) is 5.43 Å². The van der Waals surface area contributed by atoms with Crippen LogP contribution in [0.5, 0.6) is 11.5 Å². The predicted octanol–water partition coefficient (Wildman–Crippen LogP) is 4.50. The van der Waals surface area contributed by atoms with Gasteiger partial charge in [-0.05, 0) is 66.4 Å². The number of ether oxygens (including phenoxy) is 2. The smallest absolute Gasteiger partial charge is 0.277 e. The van der Waals surface area contributed by atoms with Crippen LogP contribution in [0.15, 0.2) is 52.0 Å². The van der Waals surface area contributed by atoms with Crippen molar-refractivity contribution < 1.29 is 14.3 Å². The molecule has 2 rings (SSSR count). The third kappa shape index (κ3) is 6.19. The number of nitrogens with zero attached hydrogens (tertiary/aromatic N) is 1. The second-order valence-electron chi connectivity index (χ2n) is 5.92. The molecule has 0 aliphatic carbocycles. The molecule has 138 valence electrons. The summed E-state index contributed by atoms with van der Waals surface area (Å²) < 4.78 is 12.0. The molecule has 0 atom stereocenters. The SMILES string of the molecule is CCOc1ccc(/C=N/NC(=O)COc2ccc(Br)cc2C(C)C)cc1. The first-order valence-corrected chi connectivity index (χ1v) is 9.26. The van der Waals surface area contributed by atoms with E-state index in [0.717, 1.165) is 21.3 Å². The zero-order valence-corrected chi connectivity index (χ0v) is 16.7. The Morgan fingerprint density at radius 2 is 1.92 bits per heavy atom. The molecule has 0 aliphatic heterocycles. The number of hydrazone groups is 1. The molecule has 0 radical (unpaired) electrons. The number of hydrogen-bond donors (Lipinski definition) is 1. The first-order chi connectivity index (χ1) is 12.5. The van der Waals surface area contributed by atoms with Crippen LogP contribution in [0.2, 0.25) is 0 Å². The van der Waals surface area contributed by atoms with Crippen LogP contribution in [0, 0.1) is 0 Å². The molecule has 6 heteroatoms. The van der Waals surface area contributed by atoms with Crippen LogP contribution in [0.4, 0.5) is 0 Å². The van der Waals surface area contributed by atoms with Gasteiger partial charge in [-0.3, -0.25) is 4.79 Å². The first-order valence-electron chi connectivity index (χ1n) is 8.46. The zero-order chi connectivity index (χ0) is 18.9. The van der Waals surface area contributed by atoms with Crippen LogP contribution in [0.3, 0.4) is 0 Å². The van der Waals surface area contributed by atoms with E-state index in [4.69, 9.17) is 9.47 Å². The number of halogens is 1. The van der Waals surface area contributed by atoms with Crippen molar-refractivity contribution >= 4 is 28.1 Å². The zero-order valence-electron chi connectivity index (χ0n) is 15.2. The van der Waals surface area contributed by atoms with Crippen LogP contribution >= 0.6 is 15.9 Å². The number of carbonyl (C=O) groups is 1. The van der Waals surface area contributed by atoms with Gasteiger partial charge in [0.15, 0.2) is 6.61 Å². The maximum atomic E-state index is 11.9. The lowest BCUT2D eigenvalue weighted by molar-refractivity contribution is -0.123. The summed E-state index contributed by atoms with van der Waals surface area (Å²) in [5.41, 5.74) is 4.38. The van der Waals surface area contributed by atoms with Crippen LogP contribution in [-0.4, -0.2) is 25.3 Å². The largest absolute Gasteiger partial charge is 0.494 e. The Kier molecular flexibility index (Phi) is 7.66. The minimum atomic E-state index is -0.315. The predicted molar refractivity (Wildman–Crippen MR) is 107 cm³/mol. The molecule has 5 nitrogen and oxygen atoms in total. The monoisotopic (exact) mass is 418 g/mol. The highest BCUT2D eigenvalue weighted by molar-refractivity contribution is 9.10. The van der Waals surface area contributed by atoms with E-state index >= 15 is 0 Å². The standard InChI is InChI=1S/C20H23BrN2O3/c1-4-25-17-8-5-15(6-9-17)12-22-23-20(24)13-26-19-10-7-16(21)11-18(19)14(2)3/h5-12,14H,4,13H2,1-3H3,(H,23,24)/b22-12+. The van der Waals surface area contributed by atoms with Gasteiger partial charge in [-0.25, -0.2) is 5.43 Å².